The number of rotatable bonds is 3. The third kappa shape index (κ3) is 2.76. The predicted molar refractivity (Wildman–Crippen MR) is 82.2 cm³/mol. The number of nitrogens with zero attached hydrogens (tertiary/aromatic N) is 1. The highest BCUT2D eigenvalue weighted by atomic mass is 32.2. The zero-order valence-corrected chi connectivity index (χ0v) is 13.2. The first-order valence-corrected chi connectivity index (χ1v) is 8.52. The van der Waals surface area contributed by atoms with Crippen molar-refractivity contribution in [1.29, 1.82) is 0 Å². The molecule has 4 nitrogen and oxygen atoms in total. The fourth-order valence-corrected chi connectivity index (χ4v) is 4.31. The molecule has 23 heavy (non-hydrogen) atoms. The number of ether oxygens (including phenoxy) is 1. The Balaban J connectivity index is 2.09. The first-order valence-electron chi connectivity index (χ1n) is 7.08. The molecule has 0 saturated heterocycles. The summed E-state index contributed by atoms with van der Waals surface area (Å²) < 4.78 is 58.8. The number of aryl methyl sites for hydroxylation is 1. The van der Waals surface area contributed by atoms with Gasteiger partial charge in [0, 0.05) is 12.6 Å². The van der Waals surface area contributed by atoms with Gasteiger partial charge in [0.2, 0.25) is 0 Å². The first-order chi connectivity index (χ1) is 10.9. The molecule has 2 aromatic rings. The van der Waals surface area contributed by atoms with E-state index in [9.17, 15) is 17.2 Å². The van der Waals surface area contributed by atoms with Gasteiger partial charge in [-0.2, -0.15) is 0 Å². The van der Waals surface area contributed by atoms with Gasteiger partial charge in [-0.1, -0.05) is 0 Å². The smallest absolute Gasteiger partial charge is 0.267 e. The Morgan fingerprint density at radius 3 is 2.61 bits per heavy atom. The van der Waals surface area contributed by atoms with Gasteiger partial charge in [-0.15, -0.1) is 0 Å². The maximum atomic E-state index is 13.9. The first kappa shape index (κ1) is 15.7. The van der Waals surface area contributed by atoms with Crippen molar-refractivity contribution in [2.24, 2.45) is 0 Å². The van der Waals surface area contributed by atoms with Crippen LogP contribution in [0, 0.1) is 11.6 Å². The van der Waals surface area contributed by atoms with E-state index < -0.39 is 26.6 Å². The van der Waals surface area contributed by atoms with E-state index in [4.69, 9.17) is 4.74 Å². The molecule has 122 valence electrons. The van der Waals surface area contributed by atoms with Crippen molar-refractivity contribution in [1.82, 2.24) is 0 Å². The summed E-state index contributed by atoms with van der Waals surface area (Å²) in [5, 5.41) is 0. The lowest BCUT2D eigenvalue weighted by atomic mass is 10.0. The minimum atomic E-state index is -4.09. The number of sulfonamides is 1. The number of hydrogen-bond donors (Lipinski definition) is 0. The molecule has 2 aromatic carbocycles. The number of fused-ring (bicyclic) bond motifs is 1. The molecule has 0 radical (unpaired) electrons. The maximum Gasteiger partial charge on any atom is 0.267 e. The van der Waals surface area contributed by atoms with Crippen molar-refractivity contribution in [3.05, 3.63) is 53.6 Å². The van der Waals surface area contributed by atoms with Gasteiger partial charge in [-0.05, 0) is 48.7 Å². The minimum absolute atomic E-state index is 0.248. The van der Waals surface area contributed by atoms with Gasteiger partial charge in [0.25, 0.3) is 10.0 Å². The summed E-state index contributed by atoms with van der Waals surface area (Å²) in [6.45, 7) is 0.248. The van der Waals surface area contributed by atoms with Crippen LogP contribution in [0.2, 0.25) is 0 Å². The van der Waals surface area contributed by atoms with E-state index >= 15 is 0 Å². The molecule has 0 aliphatic carbocycles. The number of methoxy groups -OCH3 is 1. The molecule has 7 heteroatoms. The second-order valence-electron chi connectivity index (χ2n) is 5.25. The summed E-state index contributed by atoms with van der Waals surface area (Å²) in [5.41, 5.74) is 1.32. The topological polar surface area (TPSA) is 46.6 Å². The maximum absolute atomic E-state index is 13.9. The summed E-state index contributed by atoms with van der Waals surface area (Å²) in [6, 6.07) is 7.55. The fraction of sp³-hybridized carbons (Fsp3) is 0.250. The lowest BCUT2D eigenvalue weighted by Gasteiger charge is -2.30. The van der Waals surface area contributed by atoms with E-state index in [0.29, 0.717) is 30.3 Å². The van der Waals surface area contributed by atoms with Crippen LogP contribution >= 0.6 is 0 Å². The minimum Gasteiger partial charge on any atom is -0.497 e. The average Bonchev–Trinajstić information content (AvgIpc) is 2.53. The van der Waals surface area contributed by atoms with Gasteiger partial charge < -0.3 is 4.74 Å². The summed E-state index contributed by atoms with van der Waals surface area (Å²) in [5.74, 6) is -1.27. The van der Waals surface area contributed by atoms with Gasteiger partial charge in [-0.25, -0.2) is 17.2 Å². The summed E-state index contributed by atoms with van der Waals surface area (Å²) in [7, 11) is -2.56. The van der Waals surface area contributed by atoms with Crippen LogP contribution in [0.1, 0.15) is 12.0 Å². The van der Waals surface area contributed by atoms with Gasteiger partial charge in [0.1, 0.15) is 22.3 Å². The van der Waals surface area contributed by atoms with Crippen LogP contribution in [0.3, 0.4) is 0 Å². The van der Waals surface area contributed by atoms with Crippen LogP contribution in [0.25, 0.3) is 0 Å². The SMILES string of the molecule is COc1ccc2c(c1)CCCN2S(=O)(=O)c1ccc(F)cc1F. The summed E-state index contributed by atoms with van der Waals surface area (Å²) in [4.78, 5) is -0.525. The molecular formula is C16H15F2NO3S. The second kappa shape index (κ2) is 5.81. The van der Waals surface area contributed by atoms with E-state index in [1.54, 1.807) is 18.2 Å². The summed E-state index contributed by atoms with van der Waals surface area (Å²) in [6.07, 6.45) is 1.33. The molecule has 0 amide bonds. The molecule has 0 fully saturated rings. The molecule has 3 rings (SSSR count). The Hall–Kier alpha value is -2.15. The Bertz CT molecular complexity index is 852. The second-order valence-corrected chi connectivity index (χ2v) is 7.08. The van der Waals surface area contributed by atoms with Crippen molar-refractivity contribution in [3.8, 4) is 5.75 Å². The molecule has 0 bridgehead atoms. The molecule has 0 atom stereocenters. The van der Waals surface area contributed by atoms with Crippen LogP contribution < -0.4 is 9.04 Å². The van der Waals surface area contributed by atoms with Crippen LogP contribution in [-0.2, 0) is 16.4 Å². The molecule has 1 aliphatic rings. The quantitative estimate of drug-likeness (QED) is 0.863. The van der Waals surface area contributed by atoms with E-state index in [1.807, 2.05) is 0 Å². The Kier molecular flexibility index (Phi) is 3.97. The molecular weight excluding hydrogens is 324 g/mol. The molecule has 0 unspecified atom stereocenters. The highest BCUT2D eigenvalue weighted by Crippen LogP contribution is 2.34. The largest absolute Gasteiger partial charge is 0.497 e. The predicted octanol–water partition coefficient (Wildman–Crippen LogP) is 3.11. The lowest BCUT2D eigenvalue weighted by molar-refractivity contribution is 0.414. The lowest BCUT2D eigenvalue weighted by Crippen LogP contribution is -2.36. The third-order valence-electron chi connectivity index (χ3n) is 3.82. The number of halogens is 2. The van der Waals surface area contributed by atoms with Crippen molar-refractivity contribution in [2.75, 3.05) is 18.0 Å². The van der Waals surface area contributed by atoms with Crippen LogP contribution in [-0.4, -0.2) is 22.1 Å². The Morgan fingerprint density at radius 1 is 1.13 bits per heavy atom. The van der Waals surface area contributed by atoms with Crippen LogP contribution in [0.4, 0.5) is 14.5 Å². The number of hydrogen-bond acceptors (Lipinski definition) is 3. The Morgan fingerprint density at radius 2 is 1.91 bits per heavy atom. The standard InChI is InChI=1S/C16H15F2NO3S/c1-22-13-5-6-15-11(9-13)3-2-8-19(15)23(20,21)16-7-4-12(17)10-14(16)18/h4-7,9-10H,2-3,8H2,1H3. The molecule has 1 heterocycles. The zero-order valence-electron chi connectivity index (χ0n) is 12.4. The van der Waals surface area contributed by atoms with E-state index in [2.05, 4.69) is 0 Å². The Labute approximate surface area is 133 Å². The van der Waals surface area contributed by atoms with Crippen molar-refractivity contribution >= 4 is 15.7 Å². The van der Waals surface area contributed by atoms with Crippen LogP contribution in [0.15, 0.2) is 41.3 Å². The van der Waals surface area contributed by atoms with Gasteiger partial charge in [0.05, 0.1) is 12.8 Å². The number of benzene rings is 2. The summed E-state index contributed by atoms with van der Waals surface area (Å²) >= 11 is 0. The van der Waals surface area contributed by atoms with Crippen LogP contribution in [0.5, 0.6) is 5.75 Å². The van der Waals surface area contributed by atoms with E-state index in [0.717, 1.165) is 17.7 Å². The highest BCUT2D eigenvalue weighted by Gasteiger charge is 2.31. The van der Waals surface area contributed by atoms with Crippen molar-refractivity contribution in [2.45, 2.75) is 17.7 Å². The zero-order chi connectivity index (χ0) is 16.6. The molecule has 0 N–H and O–H groups in total. The average molecular weight is 339 g/mol. The van der Waals surface area contributed by atoms with Gasteiger partial charge in [0.15, 0.2) is 0 Å². The number of anilines is 1. The van der Waals surface area contributed by atoms with E-state index in [-0.39, 0.29) is 6.54 Å². The highest BCUT2D eigenvalue weighted by molar-refractivity contribution is 7.92. The fourth-order valence-electron chi connectivity index (χ4n) is 2.72. The molecule has 0 saturated carbocycles. The third-order valence-corrected chi connectivity index (χ3v) is 5.67. The molecule has 0 spiro atoms. The van der Waals surface area contributed by atoms with Gasteiger partial charge >= 0.3 is 0 Å². The normalized spacial score (nSPS) is 14.5. The van der Waals surface area contributed by atoms with Gasteiger partial charge in [-0.3, -0.25) is 4.31 Å². The van der Waals surface area contributed by atoms with E-state index in [1.165, 1.54) is 11.4 Å². The van der Waals surface area contributed by atoms with Crippen molar-refractivity contribution in [3.63, 3.8) is 0 Å². The molecule has 0 aromatic heterocycles. The van der Waals surface area contributed by atoms with Crippen molar-refractivity contribution < 1.29 is 21.9 Å². The monoisotopic (exact) mass is 339 g/mol. The molecule has 1 aliphatic heterocycles.